The number of H-pyrrole nitrogens is 2. The van der Waals surface area contributed by atoms with E-state index in [0.29, 0.717) is 53.1 Å². The fourth-order valence-corrected chi connectivity index (χ4v) is 15.4. The zero-order chi connectivity index (χ0) is 72.6. The highest BCUT2D eigenvalue weighted by atomic mass is 32.2. The van der Waals surface area contributed by atoms with Crippen molar-refractivity contribution in [3.63, 3.8) is 0 Å². The number of ether oxygens (including phenoxy) is 4. The van der Waals surface area contributed by atoms with Crippen LogP contribution >= 0.6 is 70.6 Å². The molecule has 2 aliphatic rings. The van der Waals surface area contributed by atoms with Gasteiger partial charge in [0.05, 0.1) is 12.7 Å². The Morgan fingerprint density at radius 3 is 0.929 bits per heavy atom. The fraction of sp³-hybridized carbons (Fsp3) is 0.583. The van der Waals surface area contributed by atoms with Crippen molar-refractivity contribution in [2.24, 2.45) is 5.92 Å². The second-order valence-electron chi connectivity index (χ2n) is 26.9. The lowest BCUT2D eigenvalue weighted by molar-refractivity contribution is -0.116. The molecule has 16 heteroatoms. The Hall–Kier alpha value is -5.30. The first kappa shape index (κ1) is 122. The molecular weight excluding hydrogens is 1500 g/mol. The van der Waals surface area contributed by atoms with Gasteiger partial charge in [-0.1, -0.05) is 367 Å². The van der Waals surface area contributed by atoms with Gasteiger partial charge in [-0.3, -0.25) is 10.2 Å². The molecule has 0 spiro atoms. The molecule has 644 valence electrons. The van der Waals surface area contributed by atoms with E-state index in [-0.39, 0.29) is 102 Å². The summed E-state index contributed by atoms with van der Waals surface area (Å²) in [6.07, 6.45) is 21.5. The molecule has 2 saturated carbocycles. The normalized spacial score (nSPS) is 13.8. The second kappa shape index (κ2) is 70.0. The highest BCUT2D eigenvalue weighted by Gasteiger charge is 2.19. The third-order valence-corrected chi connectivity index (χ3v) is 23.9. The van der Waals surface area contributed by atoms with Crippen LogP contribution in [0.3, 0.4) is 0 Å². The average Bonchev–Trinajstić information content (AvgIpc) is 1.06. The minimum absolute atomic E-state index is 0. The van der Waals surface area contributed by atoms with E-state index in [0.717, 1.165) is 65.0 Å². The molecule has 2 fully saturated rings. The molecule has 0 amide bonds. The number of nitrogens with one attached hydrogen (secondary N) is 2. The molecule has 6 aromatic carbocycles. The maximum atomic E-state index is 9.01. The van der Waals surface area contributed by atoms with Gasteiger partial charge < -0.3 is 29.2 Å². The Bertz CT molecular complexity index is 3340. The molecule has 8 unspecified atom stereocenters. The zero-order valence-electron chi connectivity index (χ0n) is 62.6. The van der Waals surface area contributed by atoms with Gasteiger partial charge in [-0.15, -0.1) is 0 Å². The van der Waals surface area contributed by atoms with Crippen molar-refractivity contribution in [3.8, 4) is 23.0 Å². The number of benzene rings is 6. The highest BCUT2D eigenvalue weighted by molar-refractivity contribution is 8.00. The molecular formula is C96H168N4O6S6. The number of phenolic OH excluding ortho intramolecular Hbond substituents is 2. The van der Waals surface area contributed by atoms with Gasteiger partial charge >= 0.3 is 0 Å². The van der Waals surface area contributed by atoms with Gasteiger partial charge in [-0.2, -0.15) is 10.2 Å². The van der Waals surface area contributed by atoms with E-state index in [1.165, 1.54) is 163 Å². The Morgan fingerprint density at radius 2 is 0.652 bits per heavy atom. The Balaban J connectivity index is -0.000000192. The summed E-state index contributed by atoms with van der Waals surface area (Å²) in [6.45, 7) is 31.4. The van der Waals surface area contributed by atoms with E-state index in [9.17, 15) is 0 Å². The van der Waals surface area contributed by atoms with Crippen LogP contribution < -0.4 is 9.47 Å². The Morgan fingerprint density at radius 1 is 0.384 bits per heavy atom. The van der Waals surface area contributed by atoms with Crippen LogP contribution in [0.25, 0.3) is 0 Å². The number of aromatic nitrogens is 4. The molecule has 2 aliphatic carbocycles. The van der Waals surface area contributed by atoms with Gasteiger partial charge in [0, 0.05) is 11.5 Å². The lowest BCUT2D eigenvalue weighted by Crippen LogP contribution is -2.26. The lowest BCUT2D eigenvalue weighted by Gasteiger charge is -2.26. The SMILES string of the molecule is C.C.C.C.C.C.C.C.C.C.C.C.CCC(C)c1ccc(CSc2n[nH]c(=S)s2)cc1.CCC(C)c1ccc(CSc2n[nH]c(=S)s2)cc1.CCC(C)c1ccc(O)cc1.CCC(C)c1ccc(O)cc1.CCC(C)c1ccc(OC(C)OC2CCCCC2)cc1.CCC(C)c1ccc(OC(C)OCCC2CCCCC2)cc1. The lowest BCUT2D eigenvalue weighted by atomic mass is 9.87. The van der Waals surface area contributed by atoms with E-state index in [2.05, 4.69) is 201 Å². The highest BCUT2D eigenvalue weighted by Crippen LogP contribution is 2.32. The molecule has 0 aliphatic heterocycles. The maximum absolute atomic E-state index is 9.01. The summed E-state index contributed by atoms with van der Waals surface area (Å²) >= 11 is 16.5. The molecule has 2 heterocycles. The zero-order valence-corrected chi connectivity index (χ0v) is 67.5. The van der Waals surface area contributed by atoms with Crippen molar-refractivity contribution in [2.45, 2.75) is 370 Å². The number of hydrogen-bond acceptors (Lipinski definition) is 14. The van der Waals surface area contributed by atoms with Crippen LogP contribution in [0.2, 0.25) is 0 Å². The number of hydrogen-bond donors (Lipinski definition) is 4. The van der Waals surface area contributed by atoms with Gasteiger partial charge in [0.25, 0.3) is 0 Å². The molecule has 10 rings (SSSR count). The largest absolute Gasteiger partial charge is 0.508 e. The van der Waals surface area contributed by atoms with E-state index in [1.54, 1.807) is 47.8 Å². The van der Waals surface area contributed by atoms with Gasteiger partial charge in [0.15, 0.2) is 29.2 Å². The van der Waals surface area contributed by atoms with Gasteiger partial charge in [-0.05, 0) is 231 Å². The van der Waals surface area contributed by atoms with Gasteiger partial charge in [0.2, 0.25) is 0 Å². The molecule has 112 heavy (non-hydrogen) atoms. The van der Waals surface area contributed by atoms with Crippen molar-refractivity contribution in [3.05, 3.63) is 198 Å². The standard InChI is InChI=1S/C20H32O2.C18H28O2.2C13H16N2S3.2C10H14O.12CH4/c1-4-16(2)19-10-12-20(13-11-19)22-17(3)21-15-14-18-8-6-5-7-9-18;1-4-14(2)16-10-12-18(13-11-16)20-15(3)19-17-8-6-5-7-9-17;2*1-3-9(2)11-6-4-10(5-7-11)8-17-13-15-14-12(16)18-13;2*1-3-8(2)9-4-6-10(11)7-5-9;;;;;;;;;;;;/h10-13,16-18H,4-9,14-15H2,1-3H3;10-15,17H,4-9H2,1-3H3;2*4-7,9H,3,8H2,1-2H3,(H,14,16);2*4-8,11H,3H2,1-2H3;12*1H4. The number of phenols is 2. The van der Waals surface area contributed by atoms with Crippen LogP contribution in [-0.2, 0) is 21.0 Å². The summed E-state index contributed by atoms with van der Waals surface area (Å²) in [6, 6.07) is 49.5. The smallest absolute Gasteiger partial charge is 0.197 e. The van der Waals surface area contributed by atoms with Crippen LogP contribution in [0.4, 0.5) is 0 Å². The van der Waals surface area contributed by atoms with Gasteiger partial charge in [-0.25, -0.2) is 0 Å². The third kappa shape index (κ3) is 48.3. The Kier molecular flexibility index (Phi) is 76.4. The van der Waals surface area contributed by atoms with Crippen LogP contribution in [0.15, 0.2) is 154 Å². The molecule has 2 aromatic heterocycles. The number of aromatic amines is 2. The Labute approximate surface area is 717 Å². The van der Waals surface area contributed by atoms with Crippen LogP contribution in [0.5, 0.6) is 23.0 Å². The monoisotopic (exact) mass is 1670 g/mol. The molecule has 0 bridgehead atoms. The molecule has 0 radical (unpaired) electrons. The van der Waals surface area contributed by atoms with Crippen molar-refractivity contribution in [1.29, 1.82) is 0 Å². The number of rotatable bonds is 28. The quantitative estimate of drug-likeness (QED) is 0.0211. The summed E-state index contributed by atoms with van der Waals surface area (Å²) in [5.74, 6) is 8.94. The molecule has 10 nitrogen and oxygen atoms in total. The minimum Gasteiger partial charge on any atom is -0.508 e. The summed E-state index contributed by atoms with van der Waals surface area (Å²) in [4.78, 5) is 0. The predicted molar refractivity (Wildman–Crippen MR) is 514 cm³/mol. The predicted octanol–water partition coefficient (Wildman–Crippen LogP) is 34.6. The first-order valence-corrected chi connectivity index (χ1v) is 41.6. The molecule has 8 atom stereocenters. The van der Waals surface area contributed by atoms with Crippen molar-refractivity contribution < 1.29 is 29.2 Å². The van der Waals surface area contributed by atoms with Crippen LogP contribution in [0, 0.1) is 13.8 Å². The number of aromatic hydroxyl groups is 2. The fourth-order valence-electron chi connectivity index (χ4n) is 11.3. The van der Waals surface area contributed by atoms with E-state index in [4.69, 9.17) is 53.6 Å². The van der Waals surface area contributed by atoms with Crippen molar-refractivity contribution in [2.75, 3.05) is 6.61 Å². The summed E-state index contributed by atoms with van der Waals surface area (Å²) in [7, 11) is 0. The molecule has 4 N–H and O–H groups in total. The average molecular weight is 1670 g/mol. The summed E-state index contributed by atoms with van der Waals surface area (Å²) in [5.41, 5.74) is 10.8. The van der Waals surface area contributed by atoms with Gasteiger partial charge in [0.1, 0.15) is 23.0 Å². The van der Waals surface area contributed by atoms with E-state index < -0.39 is 0 Å². The summed E-state index contributed by atoms with van der Waals surface area (Å²) in [5, 5.41) is 31.9. The number of nitrogens with zero attached hydrogens (tertiary/aromatic N) is 2. The summed E-state index contributed by atoms with van der Waals surface area (Å²) < 4.78 is 27.0. The van der Waals surface area contributed by atoms with Crippen LogP contribution in [-0.4, -0.2) is 55.9 Å². The molecule has 0 saturated heterocycles. The topological polar surface area (TPSA) is 135 Å². The minimum atomic E-state index is -0.168. The third-order valence-electron chi connectivity index (χ3n) is 19.3. The molecule has 8 aromatic rings. The first-order valence-electron chi connectivity index (χ1n) is 37.1. The van der Waals surface area contributed by atoms with Crippen molar-refractivity contribution in [1.82, 2.24) is 20.4 Å². The van der Waals surface area contributed by atoms with E-state index in [1.807, 2.05) is 38.1 Å². The number of thioether (sulfide) groups is 2. The first-order chi connectivity index (χ1) is 48.2. The second-order valence-corrected chi connectivity index (χ2v) is 32.7. The van der Waals surface area contributed by atoms with E-state index >= 15 is 0 Å². The van der Waals surface area contributed by atoms with Crippen molar-refractivity contribution >= 4 is 70.6 Å². The maximum Gasteiger partial charge on any atom is 0.197 e. The van der Waals surface area contributed by atoms with Crippen LogP contribution in [0.1, 0.15) is 375 Å².